The Morgan fingerprint density at radius 2 is 2.08 bits per heavy atom. The quantitative estimate of drug-likeness (QED) is 0.750. The Kier molecular flexibility index (Phi) is 2.45. The summed E-state index contributed by atoms with van der Waals surface area (Å²) in [5.41, 5.74) is 0.466. The molecule has 0 unspecified atom stereocenters. The van der Waals surface area contributed by atoms with Crippen LogP contribution in [0.5, 0.6) is 5.88 Å². The van der Waals surface area contributed by atoms with E-state index in [1.807, 2.05) is 30.3 Å². The van der Waals surface area contributed by atoms with Gasteiger partial charge in [-0.1, -0.05) is 18.2 Å². The zero-order valence-corrected chi connectivity index (χ0v) is 8.49. The minimum atomic E-state index is 0.466. The van der Waals surface area contributed by atoms with Crippen LogP contribution in [-0.4, -0.2) is 10.5 Å². The summed E-state index contributed by atoms with van der Waals surface area (Å²) in [6, 6.07) is 9.99. The van der Waals surface area contributed by atoms with Crippen LogP contribution in [0, 0.1) is 0 Å². The Bertz CT molecular complexity index is 411. The first kappa shape index (κ1) is 8.51. The average Bonchev–Trinajstić information content (AvgIpc) is 2.19. The Hall–Kier alpha value is -1.09. The number of halogens is 1. The summed E-state index contributed by atoms with van der Waals surface area (Å²) >= 11 is 3.21. The van der Waals surface area contributed by atoms with Crippen molar-refractivity contribution < 1.29 is 4.74 Å². The Morgan fingerprint density at radius 1 is 1.23 bits per heavy atom. The number of pyridine rings is 1. The molecule has 0 bridgehead atoms. The van der Waals surface area contributed by atoms with Gasteiger partial charge in [-0.2, -0.15) is 0 Å². The summed E-state index contributed by atoms with van der Waals surface area (Å²) in [6.45, 7) is 0. The van der Waals surface area contributed by atoms with Crippen LogP contribution in [0.3, 0.4) is 0 Å². The highest BCUT2D eigenvalue weighted by molar-refractivity contribution is 9.09. The van der Waals surface area contributed by atoms with Gasteiger partial charge in [0.05, 0.1) is 0 Å². The molecule has 0 N–H and O–H groups in total. The van der Waals surface area contributed by atoms with E-state index in [0.717, 1.165) is 10.8 Å². The SMILES string of the molecule is BrCOc1nccc2ccccc12. The second-order valence-corrected chi connectivity index (χ2v) is 3.05. The van der Waals surface area contributed by atoms with Gasteiger partial charge in [0, 0.05) is 11.6 Å². The summed E-state index contributed by atoms with van der Waals surface area (Å²) in [7, 11) is 0. The van der Waals surface area contributed by atoms with Crippen molar-refractivity contribution in [3.8, 4) is 5.88 Å². The van der Waals surface area contributed by atoms with Crippen LogP contribution in [0.4, 0.5) is 0 Å². The van der Waals surface area contributed by atoms with E-state index in [-0.39, 0.29) is 0 Å². The Morgan fingerprint density at radius 3 is 2.92 bits per heavy atom. The highest BCUT2D eigenvalue weighted by Gasteiger charge is 2.00. The van der Waals surface area contributed by atoms with Crippen LogP contribution in [-0.2, 0) is 0 Å². The zero-order chi connectivity index (χ0) is 9.10. The third-order valence-corrected chi connectivity index (χ3v) is 2.06. The molecule has 0 amide bonds. The molecule has 0 aliphatic heterocycles. The number of hydrogen-bond acceptors (Lipinski definition) is 2. The van der Waals surface area contributed by atoms with E-state index < -0.39 is 0 Å². The van der Waals surface area contributed by atoms with Gasteiger partial charge in [0.2, 0.25) is 5.88 Å². The molecule has 1 heterocycles. The van der Waals surface area contributed by atoms with Gasteiger partial charge in [-0.15, -0.1) is 0 Å². The molecule has 0 saturated heterocycles. The molecule has 1 aromatic heterocycles. The topological polar surface area (TPSA) is 22.1 Å². The van der Waals surface area contributed by atoms with E-state index >= 15 is 0 Å². The van der Waals surface area contributed by atoms with Crippen molar-refractivity contribution in [1.82, 2.24) is 4.98 Å². The lowest BCUT2D eigenvalue weighted by Crippen LogP contribution is -1.92. The first-order chi connectivity index (χ1) is 6.42. The van der Waals surface area contributed by atoms with Gasteiger partial charge in [0.1, 0.15) is 5.52 Å². The molecule has 0 aliphatic rings. The standard InChI is InChI=1S/C10H8BrNO/c11-7-13-10-9-4-2-1-3-8(9)5-6-12-10/h1-6H,7H2. The van der Waals surface area contributed by atoms with Crippen molar-refractivity contribution in [3.05, 3.63) is 36.5 Å². The van der Waals surface area contributed by atoms with Crippen LogP contribution >= 0.6 is 15.9 Å². The summed E-state index contributed by atoms with van der Waals surface area (Å²) in [5, 5.41) is 2.19. The number of benzene rings is 1. The molecule has 0 radical (unpaired) electrons. The van der Waals surface area contributed by atoms with Crippen LogP contribution in [0.15, 0.2) is 36.5 Å². The first-order valence-corrected chi connectivity index (χ1v) is 5.06. The molecule has 0 atom stereocenters. The molecule has 2 nitrogen and oxygen atoms in total. The third kappa shape index (κ3) is 1.65. The van der Waals surface area contributed by atoms with Gasteiger partial charge < -0.3 is 4.74 Å². The van der Waals surface area contributed by atoms with E-state index in [1.54, 1.807) is 6.20 Å². The lowest BCUT2D eigenvalue weighted by molar-refractivity contribution is 0.387. The number of hydrogen-bond donors (Lipinski definition) is 0. The van der Waals surface area contributed by atoms with Crippen LogP contribution in [0.25, 0.3) is 10.8 Å². The molecular weight excluding hydrogens is 230 g/mol. The highest BCUT2D eigenvalue weighted by atomic mass is 79.9. The third-order valence-electron chi connectivity index (χ3n) is 1.83. The van der Waals surface area contributed by atoms with E-state index in [9.17, 15) is 0 Å². The summed E-state index contributed by atoms with van der Waals surface area (Å²) < 4.78 is 5.32. The molecule has 1 aromatic carbocycles. The van der Waals surface area contributed by atoms with Gasteiger partial charge in [0.15, 0.2) is 0 Å². The molecule has 3 heteroatoms. The fourth-order valence-corrected chi connectivity index (χ4v) is 1.48. The Balaban J connectivity index is 2.61. The normalized spacial score (nSPS) is 10.2. The van der Waals surface area contributed by atoms with Gasteiger partial charge in [0.25, 0.3) is 0 Å². The van der Waals surface area contributed by atoms with E-state index in [2.05, 4.69) is 20.9 Å². The largest absolute Gasteiger partial charge is 0.466 e. The molecule has 0 saturated carbocycles. The second-order valence-electron chi connectivity index (χ2n) is 2.59. The first-order valence-electron chi connectivity index (χ1n) is 3.94. The summed E-state index contributed by atoms with van der Waals surface area (Å²) in [4.78, 5) is 4.14. The molecule has 0 fully saturated rings. The lowest BCUT2D eigenvalue weighted by atomic mass is 10.2. The molecule has 2 aromatic rings. The van der Waals surface area contributed by atoms with Crippen LogP contribution in [0.1, 0.15) is 0 Å². The highest BCUT2D eigenvalue weighted by Crippen LogP contribution is 2.22. The molecule has 0 spiro atoms. The van der Waals surface area contributed by atoms with E-state index in [1.165, 1.54) is 0 Å². The van der Waals surface area contributed by atoms with Crippen molar-refractivity contribution in [3.63, 3.8) is 0 Å². The smallest absolute Gasteiger partial charge is 0.222 e. The maximum absolute atomic E-state index is 5.32. The van der Waals surface area contributed by atoms with Gasteiger partial charge in [-0.3, -0.25) is 0 Å². The number of nitrogens with zero attached hydrogens (tertiary/aromatic N) is 1. The number of alkyl halides is 1. The molecule has 13 heavy (non-hydrogen) atoms. The monoisotopic (exact) mass is 237 g/mol. The molecule has 0 aliphatic carbocycles. The van der Waals surface area contributed by atoms with Gasteiger partial charge in [-0.05, 0) is 33.4 Å². The summed E-state index contributed by atoms with van der Waals surface area (Å²) in [6.07, 6.45) is 1.75. The minimum Gasteiger partial charge on any atom is -0.466 e. The van der Waals surface area contributed by atoms with Crippen LogP contribution in [0.2, 0.25) is 0 Å². The predicted molar refractivity (Wildman–Crippen MR) is 56.2 cm³/mol. The molecule has 66 valence electrons. The maximum Gasteiger partial charge on any atom is 0.222 e. The minimum absolute atomic E-state index is 0.466. The van der Waals surface area contributed by atoms with Crippen molar-refractivity contribution in [2.24, 2.45) is 0 Å². The van der Waals surface area contributed by atoms with Gasteiger partial charge in [-0.25, -0.2) is 4.98 Å². The van der Waals surface area contributed by atoms with Crippen molar-refractivity contribution in [2.45, 2.75) is 0 Å². The second kappa shape index (κ2) is 3.75. The average molecular weight is 238 g/mol. The van der Waals surface area contributed by atoms with Crippen molar-refractivity contribution in [1.29, 1.82) is 0 Å². The number of rotatable bonds is 2. The fraction of sp³-hybridized carbons (Fsp3) is 0.100. The predicted octanol–water partition coefficient (Wildman–Crippen LogP) is 2.97. The van der Waals surface area contributed by atoms with E-state index in [4.69, 9.17) is 4.74 Å². The van der Waals surface area contributed by atoms with Crippen LogP contribution < -0.4 is 4.74 Å². The Labute approximate surface area is 84.7 Å². The zero-order valence-electron chi connectivity index (χ0n) is 6.90. The fourth-order valence-electron chi connectivity index (χ4n) is 1.26. The number of aromatic nitrogens is 1. The van der Waals surface area contributed by atoms with Crippen molar-refractivity contribution >= 4 is 26.7 Å². The summed E-state index contributed by atoms with van der Waals surface area (Å²) in [5.74, 6) is 0.676. The maximum atomic E-state index is 5.32. The number of fused-ring (bicyclic) bond motifs is 1. The van der Waals surface area contributed by atoms with Gasteiger partial charge >= 0.3 is 0 Å². The molecule has 2 rings (SSSR count). The van der Waals surface area contributed by atoms with Crippen molar-refractivity contribution in [2.75, 3.05) is 5.52 Å². The lowest BCUT2D eigenvalue weighted by Gasteiger charge is -2.03. The van der Waals surface area contributed by atoms with E-state index in [0.29, 0.717) is 11.4 Å². The molecular formula is C10H8BrNO. The number of ether oxygens (including phenoxy) is 1.